The molecule has 0 aliphatic rings. The van der Waals surface area contributed by atoms with Gasteiger partial charge in [-0.15, -0.1) is 0 Å². The van der Waals surface area contributed by atoms with Crippen LogP contribution in [0.1, 0.15) is 27.4 Å². The van der Waals surface area contributed by atoms with E-state index in [1.54, 1.807) is 24.5 Å². The summed E-state index contributed by atoms with van der Waals surface area (Å²) in [7, 11) is 0. The lowest BCUT2D eigenvalue weighted by Crippen LogP contribution is -2.04. The van der Waals surface area contributed by atoms with E-state index in [4.69, 9.17) is 0 Å². The standard InChI is InChI=1S/C12H13NO4S2/c1-18-11(15)9-4-2-5-10(13-9)12(16)19-7-3-6-17-8-14/h2,4-5,8H,3,6-7H2,1H3. The first-order chi connectivity index (χ1) is 9.19. The fraction of sp³-hybridized carbons (Fsp3) is 0.333. The summed E-state index contributed by atoms with van der Waals surface area (Å²) in [5.41, 5.74) is 0.546. The Bertz CT molecular complexity index is 465. The quantitative estimate of drug-likeness (QED) is 0.563. The van der Waals surface area contributed by atoms with Crippen molar-refractivity contribution < 1.29 is 19.1 Å². The molecule has 1 heterocycles. The largest absolute Gasteiger partial charge is 0.468 e. The van der Waals surface area contributed by atoms with Gasteiger partial charge in [0.2, 0.25) is 10.2 Å². The summed E-state index contributed by atoms with van der Waals surface area (Å²) < 4.78 is 4.52. The molecule has 0 amide bonds. The molecule has 0 aliphatic heterocycles. The molecule has 0 spiro atoms. The number of thioether (sulfide) groups is 2. The van der Waals surface area contributed by atoms with Crippen LogP contribution in [0.5, 0.6) is 0 Å². The molecule has 0 aliphatic carbocycles. The van der Waals surface area contributed by atoms with Crippen LogP contribution in [-0.2, 0) is 9.53 Å². The molecule has 7 heteroatoms. The minimum absolute atomic E-state index is 0.168. The second-order valence-electron chi connectivity index (χ2n) is 3.36. The van der Waals surface area contributed by atoms with E-state index in [0.717, 1.165) is 23.5 Å². The summed E-state index contributed by atoms with van der Waals surface area (Å²) in [5.74, 6) is 0.537. The fourth-order valence-electron chi connectivity index (χ4n) is 1.20. The average molecular weight is 299 g/mol. The molecule has 0 fully saturated rings. The van der Waals surface area contributed by atoms with Crippen LogP contribution >= 0.6 is 23.5 Å². The van der Waals surface area contributed by atoms with Gasteiger partial charge in [0.05, 0.1) is 6.61 Å². The van der Waals surface area contributed by atoms with Crippen LogP contribution in [0.3, 0.4) is 0 Å². The van der Waals surface area contributed by atoms with Gasteiger partial charge in [0.1, 0.15) is 11.4 Å². The fourth-order valence-corrected chi connectivity index (χ4v) is 2.23. The molecule has 19 heavy (non-hydrogen) atoms. The Morgan fingerprint density at radius 2 is 2.00 bits per heavy atom. The van der Waals surface area contributed by atoms with E-state index in [1.807, 2.05) is 0 Å². The molecule has 1 rings (SSSR count). The molecule has 0 atom stereocenters. The first kappa shape index (κ1) is 15.7. The average Bonchev–Trinajstić information content (AvgIpc) is 2.46. The molecule has 0 unspecified atom stereocenters. The van der Waals surface area contributed by atoms with Crippen molar-refractivity contribution in [2.24, 2.45) is 0 Å². The Hall–Kier alpha value is -1.34. The number of nitrogens with zero attached hydrogens (tertiary/aromatic N) is 1. The molecule has 0 saturated carbocycles. The number of pyridine rings is 1. The Kier molecular flexibility index (Phi) is 7.20. The molecule has 0 bridgehead atoms. The third-order valence-electron chi connectivity index (χ3n) is 2.06. The highest BCUT2D eigenvalue weighted by molar-refractivity contribution is 8.14. The Balaban J connectivity index is 2.52. The van der Waals surface area contributed by atoms with Gasteiger partial charge in [-0.2, -0.15) is 0 Å². The number of hydrogen-bond acceptors (Lipinski definition) is 7. The second-order valence-corrected chi connectivity index (χ2v) is 5.20. The van der Waals surface area contributed by atoms with Crippen molar-refractivity contribution in [2.45, 2.75) is 6.42 Å². The van der Waals surface area contributed by atoms with Crippen LogP contribution < -0.4 is 0 Å². The van der Waals surface area contributed by atoms with Crippen molar-refractivity contribution in [3.05, 3.63) is 29.6 Å². The first-order valence-electron chi connectivity index (χ1n) is 5.46. The summed E-state index contributed by atoms with van der Waals surface area (Å²) in [6, 6.07) is 4.80. The molecule has 1 aromatic rings. The Labute approximate surface area is 119 Å². The third-order valence-corrected chi connectivity index (χ3v) is 3.60. The van der Waals surface area contributed by atoms with Gasteiger partial charge < -0.3 is 4.74 Å². The Morgan fingerprint density at radius 3 is 2.63 bits per heavy atom. The molecule has 0 aromatic carbocycles. The molecule has 0 saturated heterocycles. The lowest BCUT2D eigenvalue weighted by atomic mass is 10.3. The van der Waals surface area contributed by atoms with Crippen LogP contribution in [0.15, 0.2) is 18.2 Å². The summed E-state index contributed by atoms with van der Waals surface area (Å²) in [6.45, 7) is 0.674. The monoisotopic (exact) mass is 299 g/mol. The van der Waals surface area contributed by atoms with Crippen LogP contribution in [-0.4, -0.2) is 40.3 Å². The number of carbonyl (C=O) groups is 3. The van der Waals surface area contributed by atoms with Gasteiger partial charge in [-0.1, -0.05) is 29.6 Å². The first-order valence-corrected chi connectivity index (χ1v) is 7.68. The van der Waals surface area contributed by atoms with E-state index in [2.05, 4.69) is 9.72 Å². The van der Waals surface area contributed by atoms with Gasteiger partial charge >= 0.3 is 0 Å². The van der Waals surface area contributed by atoms with E-state index in [1.165, 1.54) is 0 Å². The predicted molar refractivity (Wildman–Crippen MR) is 75.5 cm³/mol. The number of ether oxygens (including phenoxy) is 1. The van der Waals surface area contributed by atoms with E-state index < -0.39 is 0 Å². The highest BCUT2D eigenvalue weighted by atomic mass is 32.2. The van der Waals surface area contributed by atoms with Gasteiger partial charge in [0, 0.05) is 5.75 Å². The minimum atomic E-state index is -0.193. The van der Waals surface area contributed by atoms with Crippen molar-refractivity contribution in [3.63, 3.8) is 0 Å². The SMILES string of the molecule is CSC(=O)c1cccc(C(=O)SCCCOC=O)n1. The topological polar surface area (TPSA) is 73.3 Å². The Morgan fingerprint density at radius 1 is 1.32 bits per heavy atom. The van der Waals surface area contributed by atoms with E-state index in [-0.39, 0.29) is 21.6 Å². The number of hydrogen-bond donors (Lipinski definition) is 0. The predicted octanol–water partition coefficient (Wildman–Crippen LogP) is 2.02. The van der Waals surface area contributed by atoms with Gasteiger partial charge in [-0.3, -0.25) is 14.4 Å². The summed E-state index contributed by atoms with van der Waals surface area (Å²) in [5, 5.41) is -0.360. The van der Waals surface area contributed by atoms with Gasteiger partial charge in [0.25, 0.3) is 6.47 Å². The van der Waals surface area contributed by atoms with E-state index >= 15 is 0 Å². The molecule has 5 nitrogen and oxygen atoms in total. The van der Waals surface area contributed by atoms with Crippen molar-refractivity contribution in [3.8, 4) is 0 Å². The maximum Gasteiger partial charge on any atom is 0.293 e. The molecular formula is C12H13NO4S2. The smallest absolute Gasteiger partial charge is 0.293 e. The molecule has 1 aromatic heterocycles. The van der Waals surface area contributed by atoms with Crippen molar-refractivity contribution in [1.82, 2.24) is 4.98 Å². The highest BCUT2D eigenvalue weighted by Gasteiger charge is 2.11. The van der Waals surface area contributed by atoms with Gasteiger partial charge in [0.15, 0.2) is 0 Å². The zero-order valence-electron chi connectivity index (χ0n) is 10.3. The maximum atomic E-state index is 11.8. The van der Waals surface area contributed by atoms with Crippen LogP contribution in [0.25, 0.3) is 0 Å². The van der Waals surface area contributed by atoms with Crippen LogP contribution in [0, 0.1) is 0 Å². The van der Waals surface area contributed by atoms with Gasteiger partial charge in [-0.05, 0) is 24.8 Å². The normalized spacial score (nSPS) is 9.95. The lowest BCUT2D eigenvalue weighted by Gasteiger charge is -2.02. The molecule has 0 radical (unpaired) electrons. The number of aromatic nitrogens is 1. The zero-order valence-corrected chi connectivity index (χ0v) is 12.0. The number of carbonyl (C=O) groups excluding carboxylic acids is 3. The lowest BCUT2D eigenvalue weighted by molar-refractivity contribution is -0.128. The van der Waals surface area contributed by atoms with Gasteiger partial charge in [-0.25, -0.2) is 4.98 Å². The zero-order chi connectivity index (χ0) is 14.1. The third kappa shape index (κ3) is 5.44. The van der Waals surface area contributed by atoms with E-state index in [9.17, 15) is 14.4 Å². The molecular weight excluding hydrogens is 286 g/mol. The molecule has 102 valence electrons. The number of rotatable bonds is 7. The maximum absolute atomic E-state index is 11.8. The molecule has 0 N–H and O–H groups in total. The summed E-state index contributed by atoms with van der Waals surface area (Å²) >= 11 is 2.15. The van der Waals surface area contributed by atoms with E-state index in [0.29, 0.717) is 25.3 Å². The van der Waals surface area contributed by atoms with Crippen LogP contribution in [0.2, 0.25) is 0 Å². The van der Waals surface area contributed by atoms with Crippen molar-refractivity contribution in [2.75, 3.05) is 18.6 Å². The second kappa shape index (κ2) is 8.71. The minimum Gasteiger partial charge on any atom is -0.468 e. The van der Waals surface area contributed by atoms with Crippen molar-refractivity contribution >= 4 is 40.2 Å². The van der Waals surface area contributed by atoms with Crippen LogP contribution in [0.4, 0.5) is 0 Å². The summed E-state index contributed by atoms with van der Waals surface area (Å²) in [4.78, 5) is 37.2. The highest BCUT2D eigenvalue weighted by Crippen LogP contribution is 2.14. The van der Waals surface area contributed by atoms with Crippen molar-refractivity contribution in [1.29, 1.82) is 0 Å². The summed E-state index contributed by atoms with van der Waals surface area (Å²) in [6.07, 6.45) is 2.26.